The normalized spacial score (nSPS) is 17.7. The zero-order chi connectivity index (χ0) is 23.9. The van der Waals surface area contributed by atoms with Crippen molar-refractivity contribution in [2.24, 2.45) is 0 Å². The molecule has 0 spiro atoms. The second-order valence-corrected chi connectivity index (χ2v) is 8.45. The van der Waals surface area contributed by atoms with Gasteiger partial charge in [0.1, 0.15) is 0 Å². The molecule has 172 valence electrons. The van der Waals surface area contributed by atoms with Crippen molar-refractivity contribution in [3.05, 3.63) is 106 Å². The first-order valence-electron chi connectivity index (χ1n) is 11.0. The fourth-order valence-corrected chi connectivity index (χ4v) is 4.50. The van der Waals surface area contributed by atoms with Gasteiger partial charge in [0.25, 0.3) is 0 Å². The van der Waals surface area contributed by atoms with Gasteiger partial charge in [0.2, 0.25) is 0 Å². The number of alkyl halides is 3. The highest BCUT2D eigenvalue weighted by Crippen LogP contribution is 2.41. The van der Waals surface area contributed by atoms with Crippen LogP contribution in [0.15, 0.2) is 84.1 Å². The van der Waals surface area contributed by atoms with Crippen LogP contribution in [-0.4, -0.2) is 11.6 Å². The van der Waals surface area contributed by atoms with Crippen molar-refractivity contribution in [3.8, 4) is 0 Å². The van der Waals surface area contributed by atoms with Crippen LogP contribution >= 0.6 is 0 Å². The van der Waals surface area contributed by atoms with Crippen LogP contribution in [0.25, 0.3) is 0 Å². The molecule has 5 rings (SSSR count). The van der Waals surface area contributed by atoms with Crippen LogP contribution in [-0.2, 0) is 11.0 Å². The Labute approximate surface area is 194 Å². The first-order valence-corrected chi connectivity index (χ1v) is 11.0. The van der Waals surface area contributed by atoms with E-state index in [1.54, 1.807) is 42.5 Å². The predicted octanol–water partition coefficient (Wildman–Crippen LogP) is 6.52. The highest BCUT2D eigenvalue weighted by Gasteiger charge is 2.34. The van der Waals surface area contributed by atoms with Crippen LogP contribution in [0.3, 0.4) is 0 Å². The van der Waals surface area contributed by atoms with Crippen molar-refractivity contribution in [3.63, 3.8) is 0 Å². The number of Topliss-reactive ketones (excluding diaryl/α,β-unsaturated/α-hetero) is 1. The predicted molar refractivity (Wildman–Crippen MR) is 124 cm³/mol. The molecule has 0 aromatic heterocycles. The number of halogens is 3. The number of anilines is 2. The molecular weight excluding hydrogens is 441 g/mol. The van der Waals surface area contributed by atoms with E-state index < -0.39 is 17.8 Å². The summed E-state index contributed by atoms with van der Waals surface area (Å²) in [5.41, 5.74) is 3.47. The number of hydrogen-bond donors (Lipinski definition) is 2. The molecule has 0 bridgehead atoms. The first kappa shape index (κ1) is 21.9. The summed E-state index contributed by atoms with van der Waals surface area (Å²) in [4.78, 5) is 25.9. The van der Waals surface area contributed by atoms with Gasteiger partial charge < -0.3 is 10.6 Å². The van der Waals surface area contributed by atoms with Crippen LogP contribution in [0.1, 0.15) is 52.4 Å². The zero-order valence-corrected chi connectivity index (χ0v) is 18.1. The van der Waals surface area contributed by atoms with E-state index in [1.165, 1.54) is 12.1 Å². The summed E-state index contributed by atoms with van der Waals surface area (Å²) in [6, 6.07) is 18.4. The third kappa shape index (κ3) is 4.09. The lowest BCUT2D eigenvalue weighted by molar-refractivity contribution is -0.137. The molecule has 0 radical (unpaired) electrons. The standard InChI is InChI=1S/C27H21F3N2O2/c28-27(29,30)19-12-9-16(10-13-19)25-24-21(7-4-8-23(24)33)31-22-15-18(11-14-20(22)32-25)26(34)17-5-2-1-3-6-17/h1-3,5-6,9-15,25,31-32H,4,7-8H2. The second-order valence-electron chi connectivity index (χ2n) is 8.45. The van der Waals surface area contributed by atoms with Crippen LogP contribution in [0.5, 0.6) is 0 Å². The molecule has 0 saturated heterocycles. The van der Waals surface area contributed by atoms with Crippen molar-refractivity contribution >= 4 is 22.9 Å². The van der Waals surface area contributed by atoms with Gasteiger partial charge in [0.05, 0.1) is 23.0 Å². The third-order valence-corrected chi connectivity index (χ3v) is 6.22. The van der Waals surface area contributed by atoms with E-state index in [0.29, 0.717) is 52.9 Å². The number of rotatable bonds is 3. The van der Waals surface area contributed by atoms with E-state index in [9.17, 15) is 22.8 Å². The maximum atomic E-state index is 13.1. The number of carbonyl (C=O) groups is 2. The van der Waals surface area contributed by atoms with E-state index in [-0.39, 0.29) is 11.6 Å². The molecule has 1 aliphatic heterocycles. The lowest BCUT2D eigenvalue weighted by Gasteiger charge is -2.25. The van der Waals surface area contributed by atoms with Gasteiger partial charge in [-0.25, -0.2) is 0 Å². The minimum atomic E-state index is -4.43. The summed E-state index contributed by atoms with van der Waals surface area (Å²) in [6.45, 7) is 0. The van der Waals surface area contributed by atoms with Gasteiger partial charge in [-0.3, -0.25) is 9.59 Å². The van der Waals surface area contributed by atoms with Crippen LogP contribution in [0.4, 0.5) is 24.5 Å². The van der Waals surface area contributed by atoms with Crippen LogP contribution in [0.2, 0.25) is 0 Å². The lowest BCUT2D eigenvalue weighted by Crippen LogP contribution is -2.23. The Hall–Kier alpha value is -3.87. The first-order chi connectivity index (χ1) is 16.3. The smallest absolute Gasteiger partial charge is 0.372 e. The Morgan fingerprint density at radius 2 is 1.59 bits per heavy atom. The Balaban J connectivity index is 1.55. The molecule has 0 saturated carbocycles. The van der Waals surface area contributed by atoms with E-state index in [1.807, 2.05) is 6.07 Å². The van der Waals surface area contributed by atoms with Gasteiger partial charge in [-0.05, 0) is 48.7 Å². The highest BCUT2D eigenvalue weighted by atomic mass is 19.4. The Morgan fingerprint density at radius 3 is 2.29 bits per heavy atom. The van der Waals surface area contributed by atoms with Crippen molar-refractivity contribution in [1.82, 2.24) is 0 Å². The molecule has 3 aromatic rings. The highest BCUT2D eigenvalue weighted by molar-refractivity contribution is 6.10. The maximum Gasteiger partial charge on any atom is 0.416 e. The van der Waals surface area contributed by atoms with Crippen molar-refractivity contribution < 1.29 is 22.8 Å². The number of allylic oxidation sites excluding steroid dienone is 1. The minimum Gasteiger partial charge on any atom is -0.372 e. The number of carbonyl (C=O) groups excluding carboxylic acids is 2. The average molecular weight is 462 g/mol. The molecule has 7 heteroatoms. The Kier molecular flexibility index (Phi) is 5.48. The molecular formula is C27H21F3N2O2. The van der Waals surface area contributed by atoms with Gasteiger partial charge in [-0.15, -0.1) is 0 Å². The number of hydrogen-bond acceptors (Lipinski definition) is 4. The van der Waals surface area contributed by atoms with Gasteiger partial charge in [0.15, 0.2) is 11.6 Å². The molecule has 0 amide bonds. The van der Waals surface area contributed by atoms with Gasteiger partial charge in [0, 0.05) is 28.8 Å². The fraction of sp³-hybridized carbons (Fsp3) is 0.185. The largest absolute Gasteiger partial charge is 0.416 e. The molecule has 2 N–H and O–H groups in total. The summed E-state index contributed by atoms with van der Waals surface area (Å²) in [5, 5.41) is 6.67. The van der Waals surface area contributed by atoms with Crippen molar-refractivity contribution in [2.75, 3.05) is 10.6 Å². The van der Waals surface area contributed by atoms with Gasteiger partial charge in [-0.1, -0.05) is 42.5 Å². The molecule has 0 fully saturated rings. The molecule has 4 nitrogen and oxygen atoms in total. The van der Waals surface area contributed by atoms with Gasteiger partial charge >= 0.3 is 6.18 Å². The third-order valence-electron chi connectivity index (χ3n) is 6.22. The summed E-state index contributed by atoms with van der Waals surface area (Å²) < 4.78 is 39.2. The minimum absolute atomic E-state index is 0.0421. The SMILES string of the molecule is O=C1CCCC2=C1C(c1ccc(C(F)(F)F)cc1)Nc1ccc(C(=O)c3ccccc3)cc1N2. The molecule has 1 aliphatic carbocycles. The summed E-state index contributed by atoms with van der Waals surface area (Å²) in [6.07, 6.45) is -2.73. The average Bonchev–Trinajstić information content (AvgIpc) is 3.00. The Bertz CT molecular complexity index is 1300. The quantitative estimate of drug-likeness (QED) is 0.435. The van der Waals surface area contributed by atoms with Crippen molar-refractivity contribution in [1.29, 1.82) is 0 Å². The maximum absolute atomic E-state index is 13.1. The van der Waals surface area contributed by atoms with E-state index >= 15 is 0 Å². The van der Waals surface area contributed by atoms with Crippen LogP contribution < -0.4 is 10.6 Å². The molecule has 34 heavy (non-hydrogen) atoms. The number of fused-ring (bicyclic) bond motifs is 1. The second kappa shape index (κ2) is 8.48. The van der Waals surface area contributed by atoms with Crippen molar-refractivity contribution in [2.45, 2.75) is 31.5 Å². The topological polar surface area (TPSA) is 58.2 Å². The molecule has 3 aromatic carbocycles. The van der Waals surface area contributed by atoms with Crippen LogP contribution in [0, 0.1) is 0 Å². The zero-order valence-electron chi connectivity index (χ0n) is 18.1. The Morgan fingerprint density at radius 1 is 0.853 bits per heavy atom. The molecule has 2 aliphatic rings. The van der Waals surface area contributed by atoms with Gasteiger partial charge in [-0.2, -0.15) is 13.2 Å². The molecule has 1 atom stereocenters. The monoisotopic (exact) mass is 462 g/mol. The summed E-state index contributed by atoms with van der Waals surface area (Å²) >= 11 is 0. The van der Waals surface area contributed by atoms with E-state index in [4.69, 9.17) is 0 Å². The fourth-order valence-electron chi connectivity index (χ4n) is 4.50. The number of ketones is 2. The van der Waals surface area contributed by atoms with E-state index in [0.717, 1.165) is 17.8 Å². The van der Waals surface area contributed by atoms with E-state index in [2.05, 4.69) is 10.6 Å². The molecule has 1 unspecified atom stereocenters. The number of nitrogens with one attached hydrogen (secondary N) is 2. The molecule has 1 heterocycles. The number of benzene rings is 3. The lowest BCUT2D eigenvalue weighted by atomic mass is 9.86. The summed E-state index contributed by atoms with van der Waals surface area (Å²) in [7, 11) is 0. The summed E-state index contributed by atoms with van der Waals surface area (Å²) in [5.74, 6) is -0.165.